The van der Waals surface area contributed by atoms with Crippen LogP contribution in [0.15, 0.2) is 24.3 Å². The summed E-state index contributed by atoms with van der Waals surface area (Å²) in [6, 6.07) is 6.97. The summed E-state index contributed by atoms with van der Waals surface area (Å²) in [5.41, 5.74) is -0.455. The van der Waals surface area contributed by atoms with Crippen molar-refractivity contribution in [2.45, 2.75) is 80.6 Å². The van der Waals surface area contributed by atoms with Crippen molar-refractivity contribution in [2.24, 2.45) is 16.7 Å². The van der Waals surface area contributed by atoms with E-state index in [1.54, 1.807) is 78.0 Å². The highest BCUT2D eigenvalue weighted by Gasteiger charge is 2.42. The van der Waals surface area contributed by atoms with Gasteiger partial charge in [0.25, 0.3) is 0 Å². The first-order valence-corrected chi connectivity index (χ1v) is 17.6. The Hall–Kier alpha value is -2.28. The molecule has 2 atom stereocenters. The molecule has 1 amide bonds. The van der Waals surface area contributed by atoms with Crippen LogP contribution in [0.2, 0.25) is 0 Å². The van der Waals surface area contributed by atoms with Gasteiger partial charge in [-0.1, -0.05) is 31.2 Å². The number of hydrogen-bond acceptors (Lipinski definition) is 11. The molecule has 0 radical (unpaired) electrons. The minimum atomic E-state index is -5.14. The Morgan fingerprint density at radius 3 is 1.82 bits per heavy atom. The average Bonchev–Trinajstić information content (AvgIpc) is 3.07. The van der Waals surface area contributed by atoms with Crippen LogP contribution in [0.4, 0.5) is 13.2 Å². The fourth-order valence-electron chi connectivity index (χ4n) is 3.41. The smallest absolute Gasteiger partial charge is 0.424 e. The molecule has 0 aromatic heterocycles. The maximum absolute atomic E-state index is 13.8. The standard InChI is InChI=1S/C28H42F3NO11P2/c1-19(22(42-24(34)26(2,3)4)43-25(35)27(5,6)7)12-14-38-44(36,39-15-13-32-23(33)28(29,30)31)18-45(37)40-16-20-10-8-9-11-21(20)17-41-45/h8-11,19,22H,12-18H2,1-7H3,(H,32,33). The number of benzene rings is 1. The van der Waals surface area contributed by atoms with Crippen LogP contribution in [0.3, 0.4) is 0 Å². The second-order valence-electron chi connectivity index (χ2n) is 12.5. The van der Waals surface area contributed by atoms with E-state index in [9.17, 15) is 36.7 Å². The van der Waals surface area contributed by atoms with Gasteiger partial charge >= 0.3 is 39.2 Å². The summed E-state index contributed by atoms with van der Waals surface area (Å²) in [6.45, 7) is 9.30. The lowest BCUT2D eigenvalue weighted by Crippen LogP contribution is -2.38. The van der Waals surface area contributed by atoms with Crippen LogP contribution in [-0.2, 0) is 64.3 Å². The first-order chi connectivity index (χ1) is 20.5. The molecule has 0 aliphatic carbocycles. The summed E-state index contributed by atoms with van der Waals surface area (Å²) >= 11 is 0. The molecule has 2 rings (SSSR count). The maximum atomic E-state index is 13.8. The first-order valence-electron chi connectivity index (χ1n) is 14.1. The van der Waals surface area contributed by atoms with Gasteiger partial charge in [-0.2, -0.15) is 13.2 Å². The summed E-state index contributed by atoms with van der Waals surface area (Å²) < 4.78 is 97.8. The third kappa shape index (κ3) is 12.8. The summed E-state index contributed by atoms with van der Waals surface area (Å²) in [4.78, 5) is 36.3. The van der Waals surface area contributed by atoms with Gasteiger partial charge in [-0.05, 0) is 59.1 Å². The molecule has 1 aromatic rings. The molecule has 2 unspecified atom stereocenters. The van der Waals surface area contributed by atoms with Gasteiger partial charge in [-0.3, -0.25) is 23.5 Å². The number of ether oxygens (including phenoxy) is 2. The number of amides is 1. The van der Waals surface area contributed by atoms with E-state index >= 15 is 0 Å². The number of halogens is 3. The third-order valence-electron chi connectivity index (χ3n) is 6.23. The Morgan fingerprint density at radius 1 is 0.911 bits per heavy atom. The van der Waals surface area contributed by atoms with Crippen LogP contribution >= 0.6 is 15.2 Å². The zero-order valence-corrected chi connectivity index (χ0v) is 28.2. The number of fused-ring (bicyclic) bond motifs is 1. The summed E-state index contributed by atoms with van der Waals surface area (Å²) in [6.07, 6.45) is -6.49. The Balaban J connectivity index is 2.17. The fraction of sp³-hybridized carbons (Fsp3) is 0.679. The highest BCUT2D eigenvalue weighted by Crippen LogP contribution is 2.65. The van der Waals surface area contributed by atoms with Gasteiger partial charge in [-0.15, -0.1) is 0 Å². The normalized spacial score (nSPS) is 17.4. The number of esters is 2. The summed E-state index contributed by atoms with van der Waals surface area (Å²) in [5.74, 6) is -5.08. The Bertz CT molecular complexity index is 1230. The van der Waals surface area contributed by atoms with Crippen LogP contribution in [0.1, 0.15) is 66.0 Å². The summed E-state index contributed by atoms with van der Waals surface area (Å²) in [5, 5.41) is 1.59. The van der Waals surface area contributed by atoms with E-state index in [0.717, 1.165) is 0 Å². The number of rotatable bonds is 13. The maximum Gasteiger partial charge on any atom is 0.471 e. The van der Waals surface area contributed by atoms with Crippen LogP contribution in [-0.4, -0.2) is 56.0 Å². The first kappa shape index (κ1) is 38.9. The van der Waals surface area contributed by atoms with E-state index in [4.69, 9.17) is 27.6 Å². The van der Waals surface area contributed by atoms with Gasteiger partial charge in [-0.25, -0.2) is 0 Å². The van der Waals surface area contributed by atoms with Crippen molar-refractivity contribution in [1.29, 1.82) is 0 Å². The van der Waals surface area contributed by atoms with E-state index in [-0.39, 0.29) is 26.2 Å². The fourth-order valence-corrected chi connectivity index (χ4v) is 7.99. The highest BCUT2D eigenvalue weighted by molar-refractivity contribution is 7.71. The molecule has 12 nitrogen and oxygen atoms in total. The van der Waals surface area contributed by atoms with Crippen LogP contribution in [0, 0.1) is 16.7 Å². The van der Waals surface area contributed by atoms with Crippen molar-refractivity contribution in [2.75, 3.05) is 25.7 Å². The van der Waals surface area contributed by atoms with Gasteiger partial charge < -0.3 is 32.9 Å². The molecule has 45 heavy (non-hydrogen) atoms. The lowest BCUT2D eigenvalue weighted by molar-refractivity contribution is -0.208. The Kier molecular flexibility index (Phi) is 13.4. The molecular weight excluding hydrogens is 645 g/mol. The average molecular weight is 688 g/mol. The van der Waals surface area contributed by atoms with E-state index < -0.39 is 81.3 Å². The van der Waals surface area contributed by atoms with Gasteiger partial charge in [0, 0.05) is 12.5 Å². The molecule has 1 N–H and O–H groups in total. The van der Waals surface area contributed by atoms with Crippen LogP contribution in [0.5, 0.6) is 0 Å². The zero-order valence-electron chi connectivity index (χ0n) is 26.4. The number of nitrogens with one attached hydrogen (secondary N) is 1. The molecule has 1 aliphatic rings. The van der Waals surface area contributed by atoms with Crippen LogP contribution in [0.25, 0.3) is 0 Å². The molecule has 0 bridgehead atoms. The predicted octanol–water partition coefficient (Wildman–Crippen LogP) is 6.32. The molecule has 0 saturated heterocycles. The molecule has 1 aliphatic heterocycles. The Morgan fingerprint density at radius 2 is 1.38 bits per heavy atom. The van der Waals surface area contributed by atoms with Crippen LogP contribution < -0.4 is 5.32 Å². The highest BCUT2D eigenvalue weighted by atomic mass is 31.2. The molecule has 256 valence electrons. The quantitative estimate of drug-likeness (QED) is 0.107. The van der Waals surface area contributed by atoms with Crippen molar-refractivity contribution >= 4 is 33.0 Å². The van der Waals surface area contributed by atoms with E-state index in [1.165, 1.54) is 0 Å². The van der Waals surface area contributed by atoms with E-state index in [2.05, 4.69) is 0 Å². The van der Waals surface area contributed by atoms with Crippen molar-refractivity contribution in [3.05, 3.63) is 35.4 Å². The minimum absolute atomic E-state index is 0.0187. The topological polar surface area (TPSA) is 153 Å². The van der Waals surface area contributed by atoms with E-state index in [1.807, 2.05) is 0 Å². The Labute approximate surface area is 261 Å². The number of carbonyl (C=O) groups is 3. The molecule has 1 aromatic carbocycles. The number of hydrogen-bond donors (Lipinski definition) is 1. The van der Waals surface area contributed by atoms with Gasteiger partial charge in [0.15, 0.2) is 5.90 Å². The molecule has 0 saturated carbocycles. The minimum Gasteiger partial charge on any atom is -0.424 e. The molecule has 1 heterocycles. The largest absolute Gasteiger partial charge is 0.471 e. The lowest BCUT2D eigenvalue weighted by Gasteiger charge is -2.30. The molecule has 0 spiro atoms. The van der Waals surface area contributed by atoms with E-state index in [0.29, 0.717) is 11.1 Å². The lowest BCUT2D eigenvalue weighted by atomic mass is 9.96. The van der Waals surface area contributed by atoms with Crippen molar-refractivity contribution in [3.63, 3.8) is 0 Å². The van der Waals surface area contributed by atoms with Gasteiger partial charge in [0.05, 0.1) is 37.3 Å². The molecule has 0 fully saturated rings. The number of carbonyl (C=O) groups excluding carboxylic acids is 3. The molecule has 17 heteroatoms. The monoisotopic (exact) mass is 687 g/mol. The SMILES string of the molecule is CC(CCOP(=O)(CP1(=O)OCc2ccccc2CO1)OCCNC(=O)C(F)(F)F)C(OC(=O)C(C)(C)C)OC(=O)C(C)(C)C. The van der Waals surface area contributed by atoms with Gasteiger partial charge in [0.1, 0.15) is 0 Å². The predicted molar refractivity (Wildman–Crippen MR) is 156 cm³/mol. The summed E-state index contributed by atoms with van der Waals surface area (Å²) in [7, 11) is -8.56. The van der Waals surface area contributed by atoms with Gasteiger partial charge in [0.2, 0.25) is 6.29 Å². The van der Waals surface area contributed by atoms with Crippen molar-refractivity contribution in [1.82, 2.24) is 5.32 Å². The third-order valence-corrected chi connectivity index (χ3v) is 11.2. The second-order valence-corrected chi connectivity index (χ2v) is 17.2. The zero-order chi connectivity index (χ0) is 34.3. The van der Waals surface area contributed by atoms with Crippen molar-refractivity contribution in [3.8, 4) is 0 Å². The van der Waals surface area contributed by atoms with Crippen molar-refractivity contribution < 1.29 is 64.3 Å². The second kappa shape index (κ2) is 15.5. The molecular formula is C28H42F3NO11P2. The number of alkyl halides is 3.